The van der Waals surface area contributed by atoms with Crippen LogP contribution in [0.25, 0.3) is 0 Å². The van der Waals surface area contributed by atoms with Gasteiger partial charge >= 0.3 is 0 Å². The van der Waals surface area contributed by atoms with Gasteiger partial charge in [0.25, 0.3) is 0 Å². The summed E-state index contributed by atoms with van der Waals surface area (Å²) in [6.45, 7) is 1.22. The largest absolute Gasteiger partial charge is 0.313 e. The second-order valence-corrected chi connectivity index (χ2v) is 3.06. The van der Waals surface area contributed by atoms with Crippen molar-refractivity contribution in [1.82, 2.24) is 10.3 Å². The summed E-state index contributed by atoms with van der Waals surface area (Å²) in [5.41, 5.74) is 1.04. The lowest BCUT2D eigenvalue weighted by atomic mass is 9.98. The van der Waals surface area contributed by atoms with E-state index in [4.69, 9.17) is 0 Å². The molecule has 1 aromatic heterocycles. The highest BCUT2D eigenvalue weighted by Crippen LogP contribution is 2.24. The molecule has 12 heavy (non-hydrogen) atoms. The smallest absolute Gasteiger partial charge is 0.121 e. The number of hydrogen-bond acceptors (Lipinski definition) is 2. The summed E-state index contributed by atoms with van der Waals surface area (Å²) in [5, 5.41) is 3.03. The quantitative estimate of drug-likeness (QED) is 0.676. The maximum atomic E-state index is 13.2. The first-order chi connectivity index (χ1) is 5.88. The molecule has 1 fully saturated rings. The van der Waals surface area contributed by atoms with Crippen molar-refractivity contribution in [2.75, 3.05) is 13.1 Å². The summed E-state index contributed by atoms with van der Waals surface area (Å²) < 4.78 is 13.2. The minimum atomic E-state index is -0.743. The summed E-state index contributed by atoms with van der Waals surface area (Å²) in [7, 11) is 0. The number of aromatic nitrogens is 1. The maximum Gasteiger partial charge on any atom is 0.121 e. The van der Waals surface area contributed by atoms with Crippen molar-refractivity contribution in [3.63, 3.8) is 0 Å². The van der Waals surface area contributed by atoms with Gasteiger partial charge < -0.3 is 5.32 Å². The Morgan fingerprint density at radius 1 is 1.33 bits per heavy atom. The van der Waals surface area contributed by atoms with E-state index >= 15 is 0 Å². The van der Waals surface area contributed by atoms with Gasteiger partial charge in [0.05, 0.1) is 0 Å². The van der Waals surface area contributed by atoms with Gasteiger partial charge in [0, 0.05) is 31.4 Å². The van der Waals surface area contributed by atoms with E-state index in [1.165, 1.54) is 0 Å². The van der Waals surface area contributed by atoms with Crippen molar-refractivity contribution >= 4 is 0 Å². The molecule has 0 amide bonds. The van der Waals surface area contributed by atoms with Crippen molar-refractivity contribution in [3.05, 3.63) is 30.1 Å². The van der Waals surface area contributed by atoms with Gasteiger partial charge in [0.1, 0.15) is 6.17 Å². The maximum absolute atomic E-state index is 13.2. The molecule has 2 heterocycles. The molecule has 0 aliphatic carbocycles. The predicted octanol–water partition coefficient (Wildman–Crippen LogP) is 1.11. The minimum Gasteiger partial charge on any atom is -0.313 e. The van der Waals surface area contributed by atoms with Crippen molar-refractivity contribution in [3.8, 4) is 0 Å². The molecule has 0 bridgehead atoms. The summed E-state index contributed by atoms with van der Waals surface area (Å²) in [4.78, 5) is 3.90. The van der Waals surface area contributed by atoms with Crippen molar-refractivity contribution in [1.29, 1.82) is 0 Å². The first kappa shape index (κ1) is 7.68. The number of halogens is 1. The Morgan fingerprint density at radius 2 is 2.08 bits per heavy atom. The molecule has 0 saturated carbocycles. The highest BCUT2D eigenvalue weighted by Gasteiger charge is 2.27. The molecule has 64 valence electrons. The Bertz CT molecular complexity index is 250. The van der Waals surface area contributed by atoms with Crippen LogP contribution in [-0.2, 0) is 0 Å². The SMILES string of the molecule is FC1CNCC1c1ccncc1. The summed E-state index contributed by atoms with van der Waals surface area (Å²) >= 11 is 0. The molecule has 3 heteroatoms. The highest BCUT2D eigenvalue weighted by atomic mass is 19.1. The van der Waals surface area contributed by atoms with Gasteiger partial charge in [-0.05, 0) is 17.7 Å². The molecule has 2 nitrogen and oxygen atoms in total. The van der Waals surface area contributed by atoms with Crippen LogP contribution in [0.15, 0.2) is 24.5 Å². The molecule has 1 aromatic rings. The van der Waals surface area contributed by atoms with E-state index in [1.54, 1.807) is 12.4 Å². The summed E-state index contributed by atoms with van der Waals surface area (Å²) in [5.74, 6) is 0.0213. The second kappa shape index (κ2) is 3.19. The molecule has 1 saturated heterocycles. The number of pyridine rings is 1. The van der Waals surface area contributed by atoms with Crippen LogP contribution in [0.1, 0.15) is 11.5 Å². The molecule has 2 rings (SSSR count). The average Bonchev–Trinajstić information content (AvgIpc) is 2.53. The van der Waals surface area contributed by atoms with Crippen molar-refractivity contribution in [2.24, 2.45) is 0 Å². The lowest BCUT2D eigenvalue weighted by molar-refractivity contribution is 0.332. The van der Waals surface area contributed by atoms with Crippen molar-refractivity contribution in [2.45, 2.75) is 12.1 Å². The summed E-state index contributed by atoms with van der Waals surface area (Å²) in [6, 6.07) is 3.76. The number of nitrogens with zero attached hydrogens (tertiary/aromatic N) is 1. The van der Waals surface area contributed by atoms with Crippen LogP contribution in [0.2, 0.25) is 0 Å². The second-order valence-electron chi connectivity index (χ2n) is 3.06. The normalized spacial score (nSPS) is 29.1. The van der Waals surface area contributed by atoms with Crippen LogP contribution < -0.4 is 5.32 Å². The van der Waals surface area contributed by atoms with Gasteiger partial charge in [-0.2, -0.15) is 0 Å². The third-order valence-electron chi connectivity index (χ3n) is 2.27. The molecule has 0 spiro atoms. The van der Waals surface area contributed by atoms with Crippen LogP contribution >= 0.6 is 0 Å². The first-order valence-corrected chi connectivity index (χ1v) is 4.12. The minimum absolute atomic E-state index is 0.0213. The third-order valence-corrected chi connectivity index (χ3v) is 2.27. The Hall–Kier alpha value is -0.960. The topological polar surface area (TPSA) is 24.9 Å². The van der Waals surface area contributed by atoms with Crippen LogP contribution in [0, 0.1) is 0 Å². The Kier molecular flexibility index (Phi) is 2.04. The van der Waals surface area contributed by atoms with E-state index in [-0.39, 0.29) is 5.92 Å². The first-order valence-electron chi connectivity index (χ1n) is 4.12. The molecule has 2 unspecified atom stereocenters. The number of alkyl halides is 1. The van der Waals surface area contributed by atoms with Gasteiger partial charge in [-0.15, -0.1) is 0 Å². The zero-order chi connectivity index (χ0) is 8.39. The highest BCUT2D eigenvalue weighted by molar-refractivity contribution is 5.19. The van der Waals surface area contributed by atoms with Crippen LogP contribution in [0.5, 0.6) is 0 Å². The predicted molar refractivity (Wildman–Crippen MR) is 44.7 cm³/mol. The average molecular weight is 166 g/mol. The molecule has 2 atom stereocenters. The molecular formula is C9H11FN2. The van der Waals surface area contributed by atoms with Gasteiger partial charge in [-0.25, -0.2) is 4.39 Å². The lowest BCUT2D eigenvalue weighted by Crippen LogP contribution is -2.10. The van der Waals surface area contributed by atoms with Crippen molar-refractivity contribution < 1.29 is 4.39 Å². The van der Waals surface area contributed by atoms with Crippen LogP contribution in [0.4, 0.5) is 4.39 Å². The third kappa shape index (κ3) is 1.32. The zero-order valence-electron chi connectivity index (χ0n) is 6.70. The number of nitrogens with one attached hydrogen (secondary N) is 1. The van der Waals surface area contributed by atoms with Crippen LogP contribution in [-0.4, -0.2) is 24.2 Å². The Morgan fingerprint density at radius 3 is 2.67 bits per heavy atom. The van der Waals surface area contributed by atoms with Gasteiger partial charge in [0.15, 0.2) is 0 Å². The van der Waals surface area contributed by atoms with E-state index in [0.29, 0.717) is 6.54 Å². The number of hydrogen-bond donors (Lipinski definition) is 1. The fraction of sp³-hybridized carbons (Fsp3) is 0.444. The van der Waals surface area contributed by atoms with E-state index < -0.39 is 6.17 Å². The number of rotatable bonds is 1. The van der Waals surface area contributed by atoms with E-state index in [1.807, 2.05) is 12.1 Å². The Labute approximate surface area is 70.8 Å². The fourth-order valence-electron chi connectivity index (χ4n) is 1.58. The monoisotopic (exact) mass is 166 g/mol. The molecule has 1 aliphatic rings. The molecule has 1 N–H and O–H groups in total. The molecule has 0 aromatic carbocycles. The van der Waals surface area contributed by atoms with Gasteiger partial charge in [-0.3, -0.25) is 4.98 Å². The Balaban J connectivity index is 2.19. The van der Waals surface area contributed by atoms with E-state index in [0.717, 1.165) is 12.1 Å². The van der Waals surface area contributed by atoms with E-state index in [2.05, 4.69) is 10.3 Å². The molecular weight excluding hydrogens is 155 g/mol. The zero-order valence-corrected chi connectivity index (χ0v) is 6.70. The van der Waals surface area contributed by atoms with E-state index in [9.17, 15) is 4.39 Å². The summed E-state index contributed by atoms with van der Waals surface area (Å²) in [6.07, 6.45) is 2.67. The van der Waals surface area contributed by atoms with Crippen LogP contribution in [0.3, 0.4) is 0 Å². The fourth-order valence-corrected chi connectivity index (χ4v) is 1.58. The molecule has 1 aliphatic heterocycles. The van der Waals surface area contributed by atoms with Gasteiger partial charge in [0.2, 0.25) is 0 Å². The molecule has 0 radical (unpaired) electrons. The lowest BCUT2D eigenvalue weighted by Gasteiger charge is -2.10. The van der Waals surface area contributed by atoms with Gasteiger partial charge in [-0.1, -0.05) is 0 Å². The standard InChI is InChI=1S/C9H11FN2/c10-9-6-12-5-8(9)7-1-3-11-4-2-7/h1-4,8-9,12H,5-6H2.